The van der Waals surface area contributed by atoms with Gasteiger partial charge in [0.25, 0.3) is 5.69 Å². The molecule has 0 saturated heterocycles. The number of halogens is 1. The molecule has 1 aromatic heterocycles. The number of hydrogen-bond donors (Lipinski definition) is 1. The van der Waals surface area contributed by atoms with E-state index in [1.807, 2.05) is 11.4 Å². The molecule has 72 valence electrons. The zero-order valence-corrected chi connectivity index (χ0v) is 9.20. The fourth-order valence-corrected chi connectivity index (χ4v) is 2.69. The van der Waals surface area contributed by atoms with Gasteiger partial charge in [0.05, 0.1) is 4.92 Å². The molecule has 0 amide bonds. The van der Waals surface area contributed by atoms with E-state index in [1.165, 1.54) is 17.4 Å². The standard InChI is InChI=1S/C8H4ClNO2S2/c9-6-5(10(11)12)3-4-1-2-14-8(4)7(6)13/h1-3,13H. The van der Waals surface area contributed by atoms with Crippen molar-refractivity contribution in [3.63, 3.8) is 0 Å². The number of thiophene rings is 1. The minimum atomic E-state index is -0.501. The van der Waals surface area contributed by atoms with Crippen LogP contribution >= 0.6 is 35.6 Å². The highest BCUT2D eigenvalue weighted by Gasteiger charge is 2.18. The van der Waals surface area contributed by atoms with Crippen LogP contribution in [0.3, 0.4) is 0 Å². The summed E-state index contributed by atoms with van der Waals surface area (Å²) in [7, 11) is 0. The average Bonchev–Trinajstić information content (AvgIpc) is 2.58. The van der Waals surface area contributed by atoms with Crippen LogP contribution in [-0.2, 0) is 0 Å². The summed E-state index contributed by atoms with van der Waals surface area (Å²) >= 11 is 11.4. The van der Waals surface area contributed by atoms with Crippen molar-refractivity contribution in [2.45, 2.75) is 4.90 Å². The number of benzene rings is 1. The highest BCUT2D eigenvalue weighted by atomic mass is 35.5. The predicted molar refractivity (Wildman–Crippen MR) is 60.7 cm³/mol. The molecule has 14 heavy (non-hydrogen) atoms. The fourth-order valence-electron chi connectivity index (χ4n) is 1.19. The van der Waals surface area contributed by atoms with Gasteiger partial charge in [0, 0.05) is 21.0 Å². The van der Waals surface area contributed by atoms with Gasteiger partial charge in [-0.05, 0) is 11.4 Å². The molecule has 0 fully saturated rings. The highest BCUT2D eigenvalue weighted by molar-refractivity contribution is 7.81. The van der Waals surface area contributed by atoms with Crippen LogP contribution in [0.2, 0.25) is 5.02 Å². The fraction of sp³-hybridized carbons (Fsp3) is 0. The van der Waals surface area contributed by atoms with E-state index >= 15 is 0 Å². The monoisotopic (exact) mass is 245 g/mol. The van der Waals surface area contributed by atoms with Crippen molar-refractivity contribution >= 4 is 51.3 Å². The van der Waals surface area contributed by atoms with Gasteiger partial charge in [0.2, 0.25) is 0 Å². The van der Waals surface area contributed by atoms with E-state index in [1.54, 1.807) is 0 Å². The lowest BCUT2D eigenvalue weighted by Crippen LogP contribution is -1.89. The van der Waals surface area contributed by atoms with Gasteiger partial charge in [-0.1, -0.05) is 11.6 Å². The van der Waals surface area contributed by atoms with E-state index in [-0.39, 0.29) is 10.7 Å². The Kier molecular flexibility index (Phi) is 2.38. The second-order valence-electron chi connectivity index (χ2n) is 2.65. The van der Waals surface area contributed by atoms with E-state index in [0.29, 0.717) is 4.90 Å². The van der Waals surface area contributed by atoms with E-state index < -0.39 is 4.92 Å². The predicted octanol–water partition coefficient (Wildman–Crippen LogP) is 3.75. The molecule has 2 rings (SSSR count). The summed E-state index contributed by atoms with van der Waals surface area (Å²) in [5.41, 5.74) is -0.0948. The summed E-state index contributed by atoms with van der Waals surface area (Å²) in [6, 6.07) is 3.27. The first kappa shape index (κ1) is 9.76. The van der Waals surface area contributed by atoms with Crippen LogP contribution < -0.4 is 0 Å². The molecule has 0 spiro atoms. The average molecular weight is 246 g/mol. The molecule has 0 radical (unpaired) electrons. The van der Waals surface area contributed by atoms with Gasteiger partial charge in [-0.25, -0.2) is 0 Å². The maximum absolute atomic E-state index is 10.6. The van der Waals surface area contributed by atoms with E-state index in [9.17, 15) is 10.1 Å². The van der Waals surface area contributed by atoms with Gasteiger partial charge >= 0.3 is 0 Å². The summed E-state index contributed by atoms with van der Waals surface area (Å²) in [5, 5.41) is 13.4. The molecule has 2 aromatic rings. The minimum absolute atomic E-state index is 0.0948. The van der Waals surface area contributed by atoms with Crippen molar-refractivity contribution in [1.29, 1.82) is 0 Å². The van der Waals surface area contributed by atoms with Crippen molar-refractivity contribution in [2.75, 3.05) is 0 Å². The third-order valence-electron chi connectivity index (χ3n) is 1.83. The second-order valence-corrected chi connectivity index (χ2v) is 4.40. The Morgan fingerprint density at radius 2 is 2.29 bits per heavy atom. The molecule has 1 aromatic carbocycles. The number of rotatable bonds is 1. The molecule has 0 bridgehead atoms. The van der Waals surface area contributed by atoms with Crippen LogP contribution in [0.25, 0.3) is 10.1 Å². The van der Waals surface area contributed by atoms with Crippen LogP contribution in [0.4, 0.5) is 5.69 Å². The topological polar surface area (TPSA) is 43.1 Å². The molecular weight excluding hydrogens is 242 g/mol. The van der Waals surface area contributed by atoms with Crippen LogP contribution in [0, 0.1) is 10.1 Å². The molecule has 0 aliphatic heterocycles. The molecule has 0 unspecified atom stereocenters. The third kappa shape index (κ3) is 1.37. The Hall–Kier alpha value is -0.780. The number of nitro benzene ring substituents is 1. The lowest BCUT2D eigenvalue weighted by molar-refractivity contribution is -0.384. The first-order valence-corrected chi connectivity index (χ1v) is 5.35. The van der Waals surface area contributed by atoms with Crippen molar-refractivity contribution in [3.8, 4) is 0 Å². The third-order valence-corrected chi connectivity index (χ3v) is 3.89. The van der Waals surface area contributed by atoms with Gasteiger partial charge in [0.1, 0.15) is 5.02 Å². The molecule has 0 aliphatic rings. The van der Waals surface area contributed by atoms with E-state index in [0.717, 1.165) is 10.1 Å². The highest BCUT2D eigenvalue weighted by Crippen LogP contribution is 2.39. The molecular formula is C8H4ClNO2S2. The summed E-state index contributed by atoms with van der Waals surface area (Å²) in [5.74, 6) is 0. The molecule has 6 heteroatoms. The van der Waals surface area contributed by atoms with E-state index in [4.69, 9.17) is 11.6 Å². The van der Waals surface area contributed by atoms with Gasteiger partial charge in [0.15, 0.2) is 0 Å². The number of thiol groups is 1. The number of fused-ring (bicyclic) bond motifs is 1. The Morgan fingerprint density at radius 3 is 2.93 bits per heavy atom. The zero-order valence-electron chi connectivity index (χ0n) is 6.73. The van der Waals surface area contributed by atoms with Gasteiger partial charge < -0.3 is 0 Å². The lowest BCUT2D eigenvalue weighted by atomic mass is 10.2. The number of hydrogen-bond acceptors (Lipinski definition) is 4. The maximum Gasteiger partial charge on any atom is 0.289 e. The summed E-state index contributed by atoms with van der Waals surface area (Å²) in [6.07, 6.45) is 0. The Balaban J connectivity index is 2.87. The van der Waals surface area contributed by atoms with Crippen molar-refractivity contribution in [1.82, 2.24) is 0 Å². The van der Waals surface area contributed by atoms with Crippen molar-refractivity contribution in [2.24, 2.45) is 0 Å². The minimum Gasteiger partial charge on any atom is -0.258 e. The van der Waals surface area contributed by atoms with Crippen LogP contribution in [0.15, 0.2) is 22.4 Å². The van der Waals surface area contributed by atoms with E-state index in [2.05, 4.69) is 12.6 Å². The molecule has 0 saturated carbocycles. The summed E-state index contributed by atoms with van der Waals surface area (Å²) in [6.45, 7) is 0. The van der Waals surface area contributed by atoms with Gasteiger partial charge in [-0.2, -0.15) is 0 Å². The smallest absolute Gasteiger partial charge is 0.258 e. The first-order valence-electron chi connectivity index (χ1n) is 3.64. The normalized spacial score (nSPS) is 10.7. The van der Waals surface area contributed by atoms with Crippen LogP contribution in [0.1, 0.15) is 0 Å². The number of nitrogens with zero attached hydrogens (tertiary/aromatic N) is 1. The van der Waals surface area contributed by atoms with Gasteiger partial charge in [-0.15, -0.1) is 24.0 Å². The number of nitro groups is 1. The van der Waals surface area contributed by atoms with Crippen molar-refractivity contribution in [3.05, 3.63) is 32.6 Å². The maximum atomic E-state index is 10.6. The largest absolute Gasteiger partial charge is 0.289 e. The summed E-state index contributed by atoms with van der Waals surface area (Å²) < 4.78 is 0.879. The summed E-state index contributed by atoms with van der Waals surface area (Å²) in [4.78, 5) is 10.6. The Labute approximate surface area is 93.9 Å². The molecule has 0 aliphatic carbocycles. The van der Waals surface area contributed by atoms with Crippen molar-refractivity contribution < 1.29 is 4.92 Å². The van der Waals surface area contributed by atoms with Crippen LogP contribution in [-0.4, -0.2) is 4.92 Å². The lowest BCUT2D eigenvalue weighted by Gasteiger charge is -1.99. The molecule has 3 nitrogen and oxygen atoms in total. The molecule has 0 atom stereocenters. The van der Waals surface area contributed by atoms with Gasteiger partial charge in [-0.3, -0.25) is 10.1 Å². The quantitative estimate of drug-likeness (QED) is 0.472. The SMILES string of the molecule is O=[N+]([O-])c1cc2ccsc2c(S)c1Cl. The molecule has 1 heterocycles. The first-order chi connectivity index (χ1) is 6.61. The second kappa shape index (κ2) is 3.42. The Morgan fingerprint density at radius 1 is 1.57 bits per heavy atom. The van der Waals surface area contributed by atoms with Crippen LogP contribution in [0.5, 0.6) is 0 Å². The molecule has 0 N–H and O–H groups in total. The Bertz CT molecular complexity index is 523. The zero-order chi connectivity index (χ0) is 10.3.